The highest BCUT2D eigenvalue weighted by Crippen LogP contribution is 2.29. The van der Waals surface area contributed by atoms with Crippen molar-refractivity contribution in [3.63, 3.8) is 0 Å². The predicted molar refractivity (Wildman–Crippen MR) is 158 cm³/mol. The number of benzene rings is 3. The van der Waals surface area contributed by atoms with E-state index in [2.05, 4.69) is 35.9 Å². The quantitative estimate of drug-likeness (QED) is 0.251. The Bertz CT molecular complexity index is 1570. The van der Waals surface area contributed by atoms with Gasteiger partial charge in [0.1, 0.15) is 5.75 Å². The van der Waals surface area contributed by atoms with Gasteiger partial charge in [0, 0.05) is 30.6 Å². The molecule has 1 saturated heterocycles. The topological polar surface area (TPSA) is 63.9 Å². The van der Waals surface area contributed by atoms with Crippen molar-refractivity contribution in [1.82, 2.24) is 8.87 Å². The Morgan fingerprint density at radius 2 is 1.67 bits per heavy atom. The van der Waals surface area contributed by atoms with Crippen molar-refractivity contribution in [2.45, 2.75) is 38.1 Å². The first kappa shape index (κ1) is 27.4. The predicted octanol–water partition coefficient (Wildman–Crippen LogP) is 6.37. The smallest absolute Gasteiger partial charge is 0.243 e. The lowest BCUT2D eigenvalue weighted by Crippen LogP contribution is -2.42. The monoisotopic (exact) mass is 561 g/mol. The molecule has 1 fully saturated rings. The van der Waals surface area contributed by atoms with Crippen molar-refractivity contribution in [1.29, 1.82) is 0 Å². The van der Waals surface area contributed by atoms with Crippen LogP contribution in [0.1, 0.15) is 25.8 Å². The number of ether oxygens (including phenoxy) is 1. The SMILES string of the molecule is COc1ccc(CCn2c(-c3cccc(S(=O)(=O)N4C[C@@H](C)C[C@H](C)C4)c3)csc2=Nc2ccccc2)cc1. The van der Waals surface area contributed by atoms with Gasteiger partial charge in [0.05, 0.1) is 23.4 Å². The molecule has 0 unspecified atom stereocenters. The number of sulfonamides is 1. The summed E-state index contributed by atoms with van der Waals surface area (Å²) in [5.41, 5.74) is 3.90. The van der Waals surface area contributed by atoms with Crippen LogP contribution in [0.15, 0.2) is 94.1 Å². The maximum atomic E-state index is 13.6. The van der Waals surface area contributed by atoms with E-state index in [4.69, 9.17) is 9.73 Å². The van der Waals surface area contributed by atoms with Gasteiger partial charge in [-0.2, -0.15) is 4.31 Å². The van der Waals surface area contributed by atoms with Crippen molar-refractivity contribution in [3.05, 3.63) is 94.6 Å². The Morgan fingerprint density at radius 3 is 2.36 bits per heavy atom. The number of aryl methyl sites for hydroxylation is 1. The third kappa shape index (κ3) is 6.35. The Kier molecular flexibility index (Phi) is 8.35. The van der Waals surface area contributed by atoms with Crippen LogP contribution in [0.4, 0.5) is 5.69 Å². The minimum atomic E-state index is -3.58. The van der Waals surface area contributed by atoms with Crippen LogP contribution in [0.2, 0.25) is 0 Å². The molecule has 0 aliphatic carbocycles. The molecule has 204 valence electrons. The lowest BCUT2D eigenvalue weighted by Gasteiger charge is -2.34. The fourth-order valence-corrected chi connectivity index (χ4v) is 7.96. The third-order valence-electron chi connectivity index (χ3n) is 7.16. The van der Waals surface area contributed by atoms with E-state index in [0.717, 1.165) is 40.3 Å². The molecular weight excluding hydrogens is 526 g/mol. The fraction of sp³-hybridized carbons (Fsp3) is 0.323. The Hall–Kier alpha value is -3.20. The Labute approximate surface area is 235 Å². The standard InChI is InChI=1S/C31H35N3O3S2/c1-23-18-24(2)21-33(20-23)39(35,36)29-11-7-8-26(19-29)30-22-38-31(32-27-9-5-4-6-10-27)34(30)17-16-25-12-14-28(37-3)15-13-25/h4-15,19,22-24H,16-18,20-21H2,1-3H3/t23-,24-/m0/s1. The first-order chi connectivity index (χ1) is 18.8. The molecule has 2 atom stereocenters. The first-order valence-electron chi connectivity index (χ1n) is 13.3. The molecule has 4 aromatic rings. The number of methoxy groups -OCH3 is 1. The van der Waals surface area contributed by atoms with Gasteiger partial charge in [0.25, 0.3) is 0 Å². The second-order valence-corrected chi connectivity index (χ2v) is 13.2. The van der Waals surface area contributed by atoms with E-state index in [0.29, 0.717) is 36.4 Å². The van der Waals surface area contributed by atoms with E-state index < -0.39 is 10.0 Å². The molecule has 6 nitrogen and oxygen atoms in total. The minimum absolute atomic E-state index is 0.343. The van der Waals surface area contributed by atoms with Crippen molar-refractivity contribution in [2.24, 2.45) is 16.8 Å². The zero-order chi connectivity index (χ0) is 27.4. The number of rotatable bonds is 8. The molecule has 0 radical (unpaired) electrons. The summed E-state index contributed by atoms with van der Waals surface area (Å²) < 4.78 is 36.5. The number of hydrogen-bond donors (Lipinski definition) is 0. The zero-order valence-electron chi connectivity index (χ0n) is 22.7. The lowest BCUT2D eigenvalue weighted by atomic mass is 9.94. The molecule has 0 amide bonds. The highest BCUT2D eigenvalue weighted by Gasteiger charge is 2.31. The van der Waals surface area contributed by atoms with Gasteiger partial charge in [-0.15, -0.1) is 11.3 Å². The summed E-state index contributed by atoms with van der Waals surface area (Å²) in [4.78, 5) is 6.14. The van der Waals surface area contributed by atoms with Crippen LogP contribution in [0.25, 0.3) is 11.3 Å². The minimum Gasteiger partial charge on any atom is -0.497 e. The molecule has 3 aromatic carbocycles. The summed E-state index contributed by atoms with van der Waals surface area (Å²) >= 11 is 1.57. The van der Waals surface area contributed by atoms with Crippen LogP contribution < -0.4 is 9.54 Å². The second kappa shape index (κ2) is 11.9. The highest BCUT2D eigenvalue weighted by atomic mass is 32.2. The van der Waals surface area contributed by atoms with Crippen LogP contribution in [0, 0.1) is 11.8 Å². The molecular formula is C31H35N3O3S2. The third-order valence-corrected chi connectivity index (χ3v) is 9.86. The van der Waals surface area contributed by atoms with Gasteiger partial charge in [0.2, 0.25) is 10.0 Å². The van der Waals surface area contributed by atoms with E-state index in [1.807, 2.05) is 60.7 Å². The zero-order valence-corrected chi connectivity index (χ0v) is 24.3. The highest BCUT2D eigenvalue weighted by molar-refractivity contribution is 7.89. The van der Waals surface area contributed by atoms with Gasteiger partial charge in [-0.1, -0.05) is 56.3 Å². The fourth-order valence-electron chi connectivity index (χ4n) is 5.28. The summed E-state index contributed by atoms with van der Waals surface area (Å²) in [7, 11) is -1.92. The number of para-hydroxylation sites is 1. The van der Waals surface area contributed by atoms with Crippen LogP contribution in [0.3, 0.4) is 0 Å². The van der Waals surface area contributed by atoms with E-state index in [9.17, 15) is 8.42 Å². The molecule has 5 rings (SSSR count). The summed E-state index contributed by atoms with van der Waals surface area (Å²) in [6, 6.07) is 25.4. The van der Waals surface area contributed by atoms with Gasteiger partial charge in [-0.25, -0.2) is 13.4 Å². The molecule has 39 heavy (non-hydrogen) atoms. The molecule has 8 heteroatoms. The average Bonchev–Trinajstić information content (AvgIpc) is 3.34. The van der Waals surface area contributed by atoms with Crippen LogP contribution in [-0.4, -0.2) is 37.5 Å². The number of thiazole rings is 1. The number of nitrogens with zero attached hydrogens (tertiary/aromatic N) is 3. The average molecular weight is 562 g/mol. The molecule has 1 aliphatic rings. The molecule has 0 saturated carbocycles. The van der Waals surface area contributed by atoms with Crippen molar-refractivity contribution in [2.75, 3.05) is 20.2 Å². The molecule has 2 heterocycles. The normalized spacial score (nSPS) is 18.8. The van der Waals surface area contributed by atoms with Crippen molar-refractivity contribution < 1.29 is 13.2 Å². The van der Waals surface area contributed by atoms with Crippen LogP contribution in [0.5, 0.6) is 5.75 Å². The number of hydrogen-bond acceptors (Lipinski definition) is 5. The number of aromatic nitrogens is 1. The molecule has 0 spiro atoms. The summed E-state index contributed by atoms with van der Waals surface area (Å²) in [6.45, 7) is 6.09. The van der Waals surface area contributed by atoms with Gasteiger partial charge < -0.3 is 9.30 Å². The molecule has 0 bridgehead atoms. The van der Waals surface area contributed by atoms with Crippen LogP contribution in [-0.2, 0) is 23.0 Å². The summed E-state index contributed by atoms with van der Waals surface area (Å²) in [5, 5.41) is 2.08. The van der Waals surface area contributed by atoms with Gasteiger partial charge >= 0.3 is 0 Å². The van der Waals surface area contributed by atoms with Gasteiger partial charge in [0.15, 0.2) is 4.80 Å². The van der Waals surface area contributed by atoms with E-state index in [1.54, 1.807) is 28.8 Å². The van der Waals surface area contributed by atoms with Crippen molar-refractivity contribution >= 4 is 27.0 Å². The molecule has 1 aliphatic heterocycles. The molecule has 0 N–H and O–H groups in total. The molecule has 1 aromatic heterocycles. The maximum Gasteiger partial charge on any atom is 0.243 e. The maximum absolute atomic E-state index is 13.6. The van der Waals surface area contributed by atoms with Crippen LogP contribution >= 0.6 is 11.3 Å². The Morgan fingerprint density at radius 1 is 0.949 bits per heavy atom. The lowest BCUT2D eigenvalue weighted by molar-refractivity contribution is 0.222. The number of piperidine rings is 1. The van der Waals surface area contributed by atoms with Gasteiger partial charge in [-0.05, 0) is 66.6 Å². The summed E-state index contributed by atoms with van der Waals surface area (Å²) in [6.07, 6.45) is 1.86. The van der Waals surface area contributed by atoms with Crippen molar-refractivity contribution in [3.8, 4) is 17.0 Å². The van der Waals surface area contributed by atoms with E-state index in [-0.39, 0.29) is 0 Å². The van der Waals surface area contributed by atoms with E-state index >= 15 is 0 Å². The first-order valence-corrected chi connectivity index (χ1v) is 15.7. The van der Waals surface area contributed by atoms with E-state index in [1.165, 1.54) is 5.56 Å². The summed E-state index contributed by atoms with van der Waals surface area (Å²) in [5.74, 6) is 1.54. The largest absolute Gasteiger partial charge is 0.497 e. The Balaban J connectivity index is 1.51. The second-order valence-electron chi connectivity index (χ2n) is 10.4. The van der Waals surface area contributed by atoms with Gasteiger partial charge in [-0.3, -0.25) is 0 Å².